The van der Waals surface area contributed by atoms with Crippen LogP contribution in [0.4, 0.5) is 0 Å². The Balaban J connectivity index is 2.25. The maximum atomic E-state index is 10.6. The molecule has 17 heavy (non-hydrogen) atoms. The summed E-state index contributed by atoms with van der Waals surface area (Å²) >= 11 is 0. The molecule has 0 aromatic heterocycles. The minimum atomic E-state index is -0.714. The van der Waals surface area contributed by atoms with Crippen LogP contribution in [0.25, 0.3) is 0 Å². The molecule has 0 radical (unpaired) electrons. The van der Waals surface area contributed by atoms with Gasteiger partial charge in [-0.05, 0) is 24.9 Å². The summed E-state index contributed by atoms with van der Waals surface area (Å²) in [5.41, 5.74) is 1.32. The summed E-state index contributed by atoms with van der Waals surface area (Å²) in [4.78, 5) is 12.7. The number of carboxylic acids is 1. The van der Waals surface area contributed by atoms with E-state index in [9.17, 15) is 4.79 Å². The van der Waals surface area contributed by atoms with Crippen molar-refractivity contribution in [2.75, 3.05) is 20.1 Å². The van der Waals surface area contributed by atoms with E-state index in [1.165, 1.54) is 5.56 Å². The van der Waals surface area contributed by atoms with E-state index in [0.717, 1.165) is 19.5 Å². The lowest BCUT2D eigenvalue weighted by molar-refractivity contribution is -0.138. The Morgan fingerprint density at radius 1 is 1.35 bits per heavy atom. The fraction of sp³-hybridized carbons (Fsp3) is 0.500. The number of benzene rings is 1. The Bertz CT molecular complexity index is 337. The van der Waals surface area contributed by atoms with Crippen LogP contribution in [-0.4, -0.2) is 36.1 Å². The second kappa shape index (κ2) is 7.07. The average Bonchev–Trinajstić information content (AvgIpc) is 2.26. The molecule has 0 aliphatic heterocycles. The Morgan fingerprint density at radius 2 is 2.00 bits per heavy atom. The second-order valence-corrected chi connectivity index (χ2v) is 4.70. The van der Waals surface area contributed by atoms with E-state index in [1.807, 2.05) is 32.2 Å². The first-order valence-electron chi connectivity index (χ1n) is 6.02. The highest BCUT2D eigenvalue weighted by molar-refractivity contribution is 5.66. The van der Waals surface area contributed by atoms with Crippen LogP contribution in [0.5, 0.6) is 0 Å². The van der Waals surface area contributed by atoms with E-state index in [1.54, 1.807) is 0 Å². The van der Waals surface area contributed by atoms with Gasteiger partial charge in [0.2, 0.25) is 0 Å². The van der Waals surface area contributed by atoms with Crippen molar-refractivity contribution in [3.63, 3.8) is 0 Å². The van der Waals surface area contributed by atoms with Crippen LogP contribution in [-0.2, 0) is 11.2 Å². The van der Waals surface area contributed by atoms with Gasteiger partial charge in [0, 0.05) is 19.5 Å². The Morgan fingerprint density at radius 3 is 2.59 bits per heavy atom. The zero-order chi connectivity index (χ0) is 12.7. The lowest BCUT2D eigenvalue weighted by atomic mass is 10.1. The van der Waals surface area contributed by atoms with Crippen molar-refractivity contribution in [3.05, 3.63) is 35.9 Å². The summed E-state index contributed by atoms with van der Waals surface area (Å²) < 4.78 is 0. The van der Waals surface area contributed by atoms with Gasteiger partial charge in [0.25, 0.3) is 0 Å². The van der Waals surface area contributed by atoms with Crippen molar-refractivity contribution in [1.82, 2.24) is 4.90 Å². The lowest BCUT2D eigenvalue weighted by Gasteiger charge is -2.20. The number of aliphatic carboxylic acids is 1. The first-order valence-corrected chi connectivity index (χ1v) is 6.02. The highest BCUT2D eigenvalue weighted by Gasteiger charge is 2.10. The predicted octanol–water partition coefficient (Wildman–Crippen LogP) is 2.27. The summed E-state index contributed by atoms with van der Waals surface area (Å²) in [6, 6.07) is 10.3. The van der Waals surface area contributed by atoms with Crippen LogP contribution in [0.2, 0.25) is 0 Å². The predicted molar refractivity (Wildman–Crippen MR) is 69.1 cm³/mol. The maximum absolute atomic E-state index is 10.6. The van der Waals surface area contributed by atoms with Crippen molar-refractivity contribution >= 4 is 5.97 Å². The van der Waals surface area contributed by atoms with Crippen molar-refractivity contribution in [2.24, 2.45) is 5.92 Å². The molecular weight excluding hydrogens is 214 g/mol. The van der Waals surface area contributed by atoms with Gasteiger partial charge in [-0.1, -0.05) is 37.3 Å². The molecule has 0 fully saturated rings. The summed E-state index contributed by atoms with van der Waals surface area (Å²) in [7, 11) is 2.04. The quantitative estimate of drug-likeness (QED) is 0.788. The molecule has 0 saturated heterocycles. The zero-order valence-corrected chi connectivity index (χ0v) is 10.6. The van der Waals surface area contributed by atoms with Crippen LogP contribution in [0, 0.1) is 5.92 Å². The normalized spacial score (nSPS) is 12.6. The Kier molecular flexibility index (Phi) is 5.70. The van der Waals surface area contributed by atoms with E-state index in [2.05, 4.69) is 17.0 Å². The van der Waals surface area contributed by atoms with Crippen LogP contribution in [0.1, 0.15) is 18.9 Å². The molecule has 0 saturated carbocycles. The highest BCUT2D eigenvalue weighted by atomic mass is 16.4. The molecule has 1 atom stereocenters. The first kappa shape index (κ1) is 13.7. The number of rotatable bonds is 7. The molecule has 1 aromatic rings. The van der Waals surface area contributed by atoms with Gasteiger partial charge in [-0.2, -0.15) is 0 Å². The van der Waals surface area contributed by atoms with Crippen LogP contribution in [0.3, 0.4) is 0 Å². The molecule has 3 heteroatoms. The van der Waals surface area contributed by atoms with E-state index in [-0.39, 0.29) is 12.3 Å². The summed E-state index contributed by atoms with van der Waals surface area (Å²) in [5, 5.41) is 8.69. The molecule has 0 aliphatic rings. The Hall–Kier alpha value is -1.35. The van der Waals surface area contributed by atoms with E-state index < -0.39 is 5.97 Å². The fourth-order valence-electron chi connectivity index (χ4n) is 1.95. The molecule has 0 amide bonds. The van der Waals surface area contributed by atoms with Gasteiger partial charge in [-0.3, -0.25) is 4.79 Å². The monoisotopic (exact) mass is 235 g/mol. The minimum absolute atomic E-state index is 0.202. The molecule has 1 N–H and O–H groups in total. The van der Waals surface area contributed by atoms with E-state index >= 15 is 0 Å². The lowest BCUT2D eigenvalue weighted by Crippen LogP contribution is -2.27. The minimum Gasteiger partial charge on any atom is -0.481 e. The molecule has 1 rings (SSSR count). The third-order valence-corrected chi connectivity index (χ3v) is 2.77. The smallest absolute Gasteiger partial charge is 0.303 e. The first-order chi connectivity index (χ1) is 8.08. The van der Waals surface area contributed by atoms with Crippen LogP contribution >= 0.6 is 0 Å². The molecule has 1 aromatic carbocycles. The van der Waals surface area contributed by atoms with Crippen molar-refractivity contribution in [1.29, 1.82) is 0 Å². The van der Waals surface area contributed by atoms with Gasteiger partial charge in [-0.25, -0.2) is 0 Å². The molecule has 0 aliphatic carbocycles. The summed E-state index contributed by atoms with van der Waals surface area (Å²) in [6.45, 7) is 3.78. The summed E-state index contributed by atoms with van der Waals surface area (Å²) in [5.74, 6) is -0.512. The standard InChI is InChI=1S/C14H21NO2/c1-12(10-14(16)17)11-15(2)9-8-13-6-4-3-5-7-13/h3-7,12H,8-11H2,1-2H3,(H,16,17). The third-order valence-electron chi connectivity index (χ3n) is 2.77. The van der Waals surface area contributed by atoms with Crippen LogP contribution in [0.15, 0.2) is 30.3 Å². The SMILES string of the molecule is CC(CC(=O)O)CN(C)CCc1ccccc1. The topological polar surface area (TPSA) is 40.5 Å². The number of carbonyl (C=O) groups is 1. The van der Waals surface area contributed by atoms with Crippen LogP contribution < -0.4 is 0 Å². The molecule has 3 nitrogen and oxygen atoms in total. The third kappa shape index (κ3) is 6.07. The van der Waals surface area contributed by atoms with Crippen molar-refractivity contribution in [3.8, 4) is 0 Å². The highest BCUT2D eigenvalue weighted by Crippen LogP contribution is 2.05. The van der Waals surface area contributed by atoms with Gasteiger partial charge in [0.15, 0.2) is 0 Å². The zero-order valence-electron chi connectivity index (χ0n) is 10.6. The van der Waals surface area contributed by atoms with Gasteiger partial charge in [0.05, 0.1) is 0 Å². The van der Waals surface area contributed by atoms with Crippen molar-refractivity contribution < 1.29 is 9.90 Å². The molecular formula is C14H21NO2. The fourth-order valence-corrected chi connectivity index (χ4v) is 1.95. The molecule has 0 spiro atoms. The number of hydrogen-bond acceptors (Lipinski definition) is 2. The van der Waals surface area contributed by atoms with Gasteiger partial charge < -0.3 is 10.0 Å². The molecule has 0 heterocycles. The van der Waals surface area contributed by atoms with Gasteiger partial charge >= 0.3 is 5.97 Å². The number of carboxylic acid groups (broad SMARTS) is 1. The Labute approximate surface area is 103 Å². The average molecular weight is 235 g/mol. The van der Waals surface area contributed by atoms with Gasteiger partial charge in [0.1, 0.15) is 0 Å². The largest absolute Gasteiger partial charge is 0.481 e. The van der Waals surface area contributed by atoms with E-state index in [0.29, 0.717) is 0 Å². The van der Waals surface area contributed by atoms with Crippen molar-refractivity contribution in [2.45, 2.75) is 19.8 Å². The number of nitrogens with zero attached hydrogens (tertiary/aromatic N) is 1. The maximum Gasteiger partial charge on any atom is 0.303 e. The molecule has 1 unspecified atom stereocenters. The van der Waals surface area contributed by atoms with Gasteiger partial charge in [-0.15, -0.1) is 0 Å². The molecule has 94 valence electrons. The number of likely N-dealkylation sites (N-methyl/N-ethyl adjacent to an activating group) is 1. The second-order valence-electron chi connectivity index (χ2n) is 4.70. The molecule has 0 bridgehead atoms. The van der Waals surface area contributed by atoms with E-state index in [4.69, 9.17) is 5.11 Å². The summed E-state index contributed by atoms with van der Waals surface area (Å²) in [6.07, 6.45) is 1.26. The number of hydrogen-bond donors (Lipinski definition) is 1.